The molecule has 2 aromatic rings. The third kappa shape index (κ3) is 5.17. The Morgan fingerprint density at radius 2 is 2.16 bits per heavy atom. The summed E-state index contributed by atoms with van der Waals surface area (Å²) in [6.45, 7) is 1.66. The zero-order valence-corrected chi connectivity index (χ0v) is 16.0. The van der Waals surface area contributed by atoms with Gasteiger partial charge in [0.2, 0.25) is 5.13 Å². The van der Waals surface area contributed by atoms with Crippen molar-refractivity contribution < 1.29 is 9.53 Å². The van der Waals surface area contributed by atoms with E-state index in [2.05, 4.69) is 15.5 Å². The first-order chi connectivity index (χ1) is 12.1. The fourth-order valence-corrected chi connectivity index (χ4v) is 4.21. The van der Waals surface area contributed by atoms with Gasteiger partial charge in [-0.05, 0) is 30.5 Å². The molecule has 1 saturated heterocycles. The van der Waals surface area contributed by atoms with Gasteiger partial charge in [0, 0.05) is 38.6 Å². The standard InChI is InChI=1S/C17H22N4O2S2/c1-21(2)15(22)13-7-5-12(6-8-13)11-24-17-20-19-16(25-17)18-10-14-4-3-9-23-14/h5-8,14H,3-4,9-11H2,1-2H3,(H,18,19). The van der Waals surface area contributed by atoms with Crippen molar-refractivity contribution >= 4 is 34.1 Å². The molecule has 3 rings (SSSR count). The predicted octanol–water partition coefficient (Wildman–Crippen LogP) is 3.12. The van der Waals surface area contributed by atoms with Gasteiger partial charge in [-0.1, -0.05) is 35.2 Å². The van der Waals surface area contributed by atoms with Gasteiger partial charge in [-0.3, -0.25) is 4.79 Å². The smallest absolute Gasteiger partial charge is 0.253 e. The van der Waals surface area contributed by atoms with E-state index in [0.717, 1.165) is 46.8 Å². The van der Waals surface area contributed by atoms with Crippen LogP contribution in [-0.2, 0) is 10.5 Å². The summed E-state index contributed by atoms with van der Waals surface area (Å²) < 4.78 is 6.52. The van der Waals surface area contributed by atoms with Crippen molar-refractivity contribution in [2.75, 3.05) is 32.6 Å². The molecule has 0 aliphatic carbocycles. The van der Waals surface area contributed by atoms with Crippen molar-refractivity contribution in [1.29, 1.82) is 0 Å². The van der Waals surface area contributed by atoms with E-state index >= 15 is 0 Å². The van der Waals surface area contributed by atoms with Gasteiger partial charge in [-0.15, -0.1) is 10.2 Å². The van der Waals surface area contributed by atoms with Crippen LogP contribution in [0.2, 0.25) is 0 Å². The van der Waals surface area contributed by atoms with Gasteiger partial charge in [0.1, 0.15) is 0 Å². The van der Waals surface area contributed by atoms with Crippen molar-refractivity contribution in [2.24, 2.45) is 0 Å². The van der Waals surface area contributed by atoms with Crippen LogP contribution in [0.15, 0.2) is 28.6 Å². The van der Waals surface area contributed by atoms with Gasteiger partial charge in [-0.2, -0.15) is 0 Å². The quantitative estimate of drug-likeness (QED) is 0.747. The van der Waals surface area contributed by atoms with E-state index in [1.165, 1.54) is 0 Å². The molecule has 1 aromatic carbocycles. The molecule has 1 aliphatic rings. The zero-order chi connectivity index (χ0) is 17.6. The van der Waals surface area contributed by atoms with Crippen LogP contribution in [0.1, 0.15) is 28.8 Å². The maximum Gasteiger partial charge on any atom is 0.253 e. The lowest BCUT2D eigenvalue weighted by Gasteiger charge is -2.10. The first-order valence-electron chi connectivity index (χ1n) is 8.24. The van der Waals surface area contributed by atoms with Crippen LogP contribution in [0.25, 0.3) is 0 Å². The van der Waals surface area contributed by atoms with Gasteiger partial charge in [-0.25, -0.2) is 0 Å². The number of thioether (sulfide) groups is 1. The number of nitrogens with one attached hydrogen (secondary N) is 1. The second-order valence-corrected chi connectivity index (χ2v) is 8.27. The van der Waals surface area contributed by atoms with Crippen LogP contribution < -0.4 is 5.32 Å². The molecule has 1 aromatic heterocycles. The maximum absolute atomic E-state index is 11.9. The van der Waals surface area contributed by atoms with Gasteiger partial charge >= 0.3 is 0 Å². The highest BCUT2D eigenvalue weighted by atomic mass is 32.2. The lowest BCUT2D eigenvalue weighted by molar-refractivity contribution is 0.0827. The summed E-state index contributed by atoms with van der Waals surface area (Å²) in [4.78, 5) is 13.5. The summed E-state index contributed by atoms with van der Waals surface area (Å²) in [7, 11) is 3.51. The second-order valence-electron chi connectivity index (χ2n) is 6.07. The Balaban J connectivity index is 1.47. The number of amides is 1. The van der Waals surface area contributed by atoms with E-state index < -0.39 is 0 Å². The largest absolute Gasteiger partial charge is 0.376 e. The molecule has 1 fully saturated rings. The number of benzene rings is 1. The summed E-state index contributed by atoms with van der Waals surface area (Å²) in [6, 6.07) is 7.71. The maximum atomic E-state index is 11.9. The number of rotatable bonds is 7. The molecule has 0 radical (unpaired) electrons. The van der Waals surface area contributed by atoms with Gasteiger partial charge in [0.05, 0.1) is 6.10 Å². The number of anilines is 1. The molecule has 2 heterocycles. The van der Waals surface area contributed by atoms with E-state index in [0.29, 0.717) is 11.7 Å². The van der Waals surface area contributed by atoms with Crippen molar-refractivity contribution in [1.82, 2.24) is 15.1 Å². The van der Waals surface area contributed by atoms with E-state index in [-0.39, 0.29) is 5.91 Å². The SMILES string of the molecule is CN(C)C(=O)c1ccc(CSc2nnc(NCC3CCCO3)s2)cc1. The van der Waals surface area contributed by atoms with Crippen LogP contribution in [0.5, 0.6) is 0 Å². The Labute approximate surface area is 156 Å². The number of aromatic nitrogens is 2. The Hall–Kier alpha value is -1.64. The number of carbonyl (C=O) groups excluding carboxylic acids is 1. The fourth-order valence-electron chi connectivity index (χ4n) is 2.49. The minimum Gasteiger partial charge on any atom is -0.376 e. The monoisotopic (exact) mass is 378 g/mol. The zero-order valence-electron chi connectivity index (χ0n) is 14.4. The van der Waals surface area contributed by atoms with Crippen molar-refractivity contribution in [2.45, 2.75) is 29.0 Å². The van der Waals surface area contributed by atoms with Gasteiger partial charge < -0.3 is 15.0 Å². The Kier molecular flexibility index (Phi) is 6.28. The topological polar surface area (TPSA) is 67.4 Å². The second kappa shape index (κ2) is 8.64. The first kappa shape index (κ1) is 18.2. The van der Waals surface area contributed by atoms with Gasteiger partial charge in [0.25, 0.3) is 5.91 Å². The molecule has 1 N–H and O–H groups in total. The molecule has 1 amide bonds. The minimum atomic E-state index is 0.0188. The van der Waals surface area contributed by atoms with Crippen LogP contribution in [0.4, 0.5) is 5.13 Å². The van der Waals surface area contributed by atoms with Crippen molar-refractivity contribution in [3.05, 3.63) is 35.4 Å². The average Bonchev–Trinajstić information content (AvgIpc) is 3.29. The summed E-state index contributed by atoms with van der Waals surface area (Å²) in [5.41, 5.74) is 1.86. The summed E-state index contributed by atoms with van der Waals surface area (Å²) in [5, 5.41) is 12.5. The van der Waals surface area contributed by atoms with Crippen LogP contribution in [0, 0.1) is 0 Å². The third-order valence-electron chi connectivity index (χ3n) is 3.88. The number of carbonyl (C=O) groups is 1. The molecule has 0 bridgehead atoms. The molecule has 1 aliphatic heterocycles. The Morgan fingerprint density at radius 3 is 2.84 bits per heavy atom. The first-order valence-corrected chi connectivity index (χ1v) is 10.0. The highest BCUT2D eigenvalue weighted by Crippen LogP contribution is 2.28. The summed E-state index contributed by atoms with van der Waals surface area (Å²) in [5.74, 6) is 0.821. The van der Waals surface area contributed by atoms with E-state index in [9.17, 15) is 4.79 Å². The lowest BCUT2D eigenvalue weighted by Crippen LogP contribution is -2.21. The minimum absolute atomic E-state index is 0.0188. The molecular formula is C17H22N4O2S2. The molecule has 8 heteroatoms. The summed E-state index contributed by atoms with van der Waals surface area (Å²) in [6.07, 6.45) is 2.55. The third-order valence-corrected chi connectivity index (χ3v) is 5.97. The van der Waals surface area contributed by atoms with Crippen LogP contribution in [-0.4, -0.2) is 54.4 Å². The molecular weight excluding hydrogens is 356 g/mol. The molecule has 0 spiro atoms. The highest BCUT2D eigenvalue weighted by molar-refractivity contribution is 8.00. The Bertz CT molecular complexity index is 697. The average molecular weight is 379 g/mol. The molecule has 6 nitrogen and oxygen atoms in total. The van der Waals surface area contributed by atoms with Crippen molar-refractivity contribution in [3.63, 3.8) is 0 Å². The van der Waals surface area contributed by atoms with Gasteiger partial charge in [0.15, 0.2) is 4.34 Å². The molecule has 1 unspecified atom stereocenters. The fraction of sp³-hybridized carbons (Fsp3) is 0.471. The predicted molar refractivity (Wildman–Crippen MR) is 101 cm³/mol. The molecule has 134 valence electrons. The lowest BCUT2D eigenvalue weighted by atomic mass is 10.1. The summed E-state index contributed by atoms with van der Waals surface area (Å²) >= 11 is 3.21. The number of hydrogen-bond donors (Lipinski definition) is 1. The molecule has 1 atom stereocenters. The number of nitrogens with zero attached hydrogens (tertiary/aromatic N) is 3. The van der Waals surface area contributed by atoms with Crippen LogP contribution >= 0.6 is 23.1 Å². The highest BCUT2D eigenvalue weighted by Gasteiger charge is 2.16. The van der Waals surface area contributed by atoms with E-state index in [4.69, 9.17) is 4.74 Å². The Morgan fingerprint density at radius 1 is 1.36 bits per heavy atom. The van der Waals surface area contributed by atoms with Crippen LogP contribution in [0.3, 0.4) is 0 Å². The molecule has 0 saturated carbocycles. The number of ether oxygens (including phenoxy) is 1. The number of hydrogen-bond acceptors (Lipinski definition) is 7. The van der Waals surface area contributed by atoms with E-state index in [1.807, 2.05) is 24.3 Å². The molecule has 25 heavy (non-hydrogen) atoms. The van der Waals surface area contributed by atoms with Crippen molar-refractivity contribution in [3.8, 4) is 0 Å². The van der Waals surface area contributed by atoms with E-state index in [1.54, 1.807) is 42.1 Å². The normalized spacial score (nSPS) is 16.8.